The summed E-state index contributed by atoms with van der Waals surface area (Å²) >= 11 is 0. The second kappa shape index (κ2) is 13.1. The summed E-state index contributed by atoms with van der Waals surface area (Å²) < 4.78 is 10.8. The SMILES string of the molecule is CCNC(=NCc1cccc(OC)c1OC)NCCCC(C)C.I. The molecule has 0 radical (unpaired) electrons. The van der Waals surface area contributed by atoms with E-state index >= 15 is 0 Å². The van der Waals surface area contributed by atoms with Gasteiger partial charge in [0.2, 0.25) is 0 Å². The van der Waals surface area contributed by atoms with E-state index < -0.39 is 0 Å². The Hall–Kier alpha value is -1.18. The van der Waals surface area contributed by atoms with E-state index in [-0.39, 0.29) is 24.0 Å². The fourth-order valence-corrected chi connectivity index (χ4v) is 2.30. The molecule has 0 aliphatic rings. The lowest BCUT2D eigenvalue weighted by atomic mass is 10.1. The van der Waals surface area contributed by atoms with Crippen LogP contribution < -0.4 is 20.1 Å². The number of guanidine groups is 1. The van der Waals surface area contributed by atoms with Crippen molar-refractivity contribution in [1.82, 2.24) is 10.6 Å². The lowest BCUT2D eigenvalue weighted by molar-refractivity contribution is 0.352. The highest BCUT2D eigenvalue weighted by atomic mass is 127. The number of hydrogen-bond acceptors (Lipinski definition) is 3. The summed E-state index contributed by atoms with van der Waals surface area (Å²) in [5.41, 5.74) is 1.01. The number of halogens is 1. The Bertz CT molecular complexity index is 493. The van der Waals surface area contributed by atoms with E-state index in [0.29, 0.717) is 6.54 Å². The summed E-state index contributed by atoms with van der Waals surface area (Å²) in [6.45, 7) is 8.87. The van der Waals surface area contributed by atoms with Crippen LogP contribution in [0.25, 0.3) is 0 Å². The number of benzene rings is 1. The molecule has 1 aromatic rings. The fourth-order valence-electron chi connectivity index (χ4n) is 2.30. The van der Waals surface area contributed by atoms with Crippen molar-refractivity contribution in [2.75, 3.05) is 27.3 Å². The number of rotatable bonds is 9. The Morgan fingerprint density at radius 3 is 2.50 bits per heavy atom. The van der Waals surface area contributed by atoms with Crippen LogP contribution in [0.4, 0.5) is 0 Å². The lowest BCUT2D eigenvalue weighted by Gasteiger charge is -2.14. The van der Waals surface area contributed by atoms with Crippen molar-refractivity contribution in [3.63, 3.8) is 0 Å². The molecule has 0 amide bonds. The maximum absolute atomic E-state index is 5.45. The van der Waals surface area contributed by atoms with Gasteiger partial charge in [0.1, 0.15) is 0 Å². The minimum atomic E-state index is 0. The van der Waals surface area contributed by atoms with Crippen molar-refractivity contribution in [2.45, 2.75) is 40.2 Å². The molecule has 0 heterocycles. The third-order valence-corrected chi connectivity index (χ3v) is 3.49. The van der Waals surface area contributed by atoms with Gasteiger partial charge in [-0.3, -0.25) is 0 Å². The number of methoxy groups -OCH3 is 2. The second-order valence-corrected chi connectivity index (χ2v) is 5.81. The Labute approximate surface area is 163 Å². The summed E-state index contributed by atoms with van der Waals surface area (Å²) in [6, 6.07) is 5.85. The van der Waals surface area contributed by atoms with Gasteiger partial charge in [-0.05, 0) is 31.7 Å². The molecule has 0 spiro atoms. The highest BCUT2D eigenvalue weighted by Gasteiger charge is 2.09. The van der Waals surface area contributed by atoms with Crippen molar-refractivity contribution in [3.05, 3.63) is 23.8 Å². The molecule has 24 heavy (non-hydrogen) atoms. The van der Waals surface area contributed by atoms with E-state index in [4.69, 9.17) is 9.47 Å². The molecule has 0 aliphatic carbocycles. The quantitative estimate of drug-likeness (QED) is 0.261. The van der Waals surface area contributed by atoms with Crippen LogP contribution in [-0.2, 0) is 6.54 Å². The molecule has 0 saturated heterocycles. The first-order valence-electron chi connectivity index (χ1n) is 8.34. The summed E-state index contributed by atoms with van der Waals surface area (Å²) in [6.07, 6.45) is 2.36. The van der Waals surface area contributed by atoms with E-state index in [9.17, 15) is 0 Å². The third-order valence-electron chi connectivity index (χ3n) is 3.49. The third kappa shape index (κ3) is 8.08. The first-order chi connectivity index (χ1) is 11.1. The van der Waals surface area contributed by atoms with Crippen LogP contribution in [0.1, 0.15) is 39.2 Å². The highest BCUT2D eigenvalue weighted by Crippen LogP contribution is 2.30. The van der Waals surface area contributed by atoms with E-state index in [1.807, 2.05) is 18.2 Å². The number of ether oxygens (including phenoxy) is 2. The molecule has 0 aliphatic heterocycles. The molecule has 5 nitrogen and oxygen atoms in total. The predicted molar refractivity (Wildman–Crippen MR) is 112 cm³/mol. The molecule has 138 valence electrons. The van der Waals surface area contributed by atoms with E-state index in [1.165, 1.54) is 6.42 Å². The Morgan fingerprint density at radius 1 is 1.17 bits per heavy atom. The molecule has 0 saturated carbocycles. The van der Waals surface area contributed by atoms with Crippen LogP contribution in [0.15, 0.2) is 23.2 Å². The van der Waals surface area contributed by atoms with Gasteiger partial charge in [-0.2, -0.15) is 0 Å². The number of aliphatic imine (C=N–C) groups is 1. The predicted octanol–water partition coefficient (Wildman–Crippen LogP) is 3.81. The minimum Gasteiger partial charge on any atom is -0.493 e. The van der Waals surface area contributed by atoms with Gasteiger partial charge in [0.25, 0.3) is 0 Å². The maximum atomic E-state index is 5.45. The summed E-state index contributed by atoms with van der Waals surface area (Å²) in [5, 5.41) is 6.65. The molecule has 2 N–H and O–H groups in total. The Balaban J connectivity index is 0.00000529. The largest absolute Gasteiger partial charge is 0.493 e. The van der Waals surface area contributed by atoms with E-state index in [2.05, 4.69) is 36.4 Å². The highest BCUT2D eigenvalue weighted by molar-refractivity contribution is 14.0. The molecule has 1 rings (SSSR count). The van der Waals surface area contributed by atoms with Gasteiger partial charge in [-0.1, -0.05) is 26.0 Å². The normalized spacial score (nSPS) is 11.0. The summed E-state index contributed by atoms with van der Waals surface area (Å²) in [7, 11) is 3.30. The van der Waals surface area contributed by atoms with E-state index in [1.54, 1.807) is 14.2 Å². The molecular weight excluding hydrogens is 417 g/mol. The Kier molecular flexibility index (Phi) is 12.5. The molecule has 0 unspecified atom stereocenters. The maximum Gasteiger partial charge on any atom is 0.191 e. The number of nitrogens with one attached hydrogen (secondary N) is 2. The average Bonchev–Trinajstić information content (AvgIpc) is 2.55. The molecule has 1 aromatic carbocycles. The zero-order chi connectivity index (χ0) is 17.1. The standard InChI is InChI=1S/C18H31N3O2.HI/c1-6-19-18(20-12-8-9-14(2)3)21-13-15-10-7-11-16(22-4)17(15)23-5;/h7,10-11,14H,6,8-9,12-13H2,1-5H3,(H2,19,20,21);1H. The minimum absolute atomic E-state index is 0. The first kappa shape index (κ1) is 22.8. The van der Waals surface area contributed by atoms with Gasteiger partial charge >= 0.3 is 0 Å². The van der Waals surface area contributed by atoms with Crippen molar-refractivity contribution in [2.24, 2.45) is 10.9 Å². The average molecular weight is 449 g/mol. The molecule has 0 atom stereocenters. The topological polar surface area (TPSA) is 54.9 Å². The summed E-state index contributed by atoms with van der Waals surface area (Å²) in [5.74, 6) is 3.04. The van der Waals surface area contributed by atoms with Crippen LogP contribution in [0.3, 0.4) is 0 Å². The van der Waals surface area contributed by atoms with Gasteiger partial charge in [0.05, 0.1) is 20.8 Å². The van der Waals surface area contributed by atoms with Crippen LogP contribution >= 0.6 is 24.0 Å². The van der Waals surface area contributed by atoms with Gasteiger partial charge < -0.3 is 20.1 Å². The number of nitrogens with zero attached hydrogens (tertiary/aromatic N) is 1. The summed E-state index contributed by atoms with van der Waals surface area (Å²) in [4.78, 5) is 4.64. The van der Waals surface area contributed by atoms with Gasteiger partial charge in [-0.25, -0.2) is 4.99 Å². The van der Waals surface area contributed by atoms with Crippen molar-refractivity contribution >= 4 is 29.9 Å². The van der Waals surface area contributed by atoms with Crippen LogP contribution in [-0.4, -0.2) is 33.3 Å². The molecule has 6 heteroatoms. The second-order valence-electron chi connectivity index (χ2n) is 5.81. The first-order valence-corrected chi connectivity index (χ1v) is 8.34. The zero-order valence-electron chi connectivity index (χ0n) is 15.5. The monoisotopic (exact) mass is 449 g/mol. The number of hydrogen-bond donors (Lipinski definition) is 2. The molecule has 0 aromatic heterocycles. The van der Waals surface area contributed by atoms with Gasteiger partial charge in [0.15, 0.2) is 17.5 Å². The van der Waals surface area contributed by atoms with E-state index in [0.717, 1.165) is 48.5 Å². The van der Waals surface area contributed by atoms with Gasteiger partial charge in [-0.15, -0.1) is 24.0 Å². The van der Waals surface area contributed by atoms with Crippen molar-refractivity contribution < 1.29 is 9.47 Å². The fraction of sp³-hybridized carbons (Fsp3) is 0.611. The molecular formula is C18H32IN3O2. The Morgan fingerprint density at radius 2 is 1.92 bits per heavy atom. The zero-order valence-corrected chi connectivity index (χ0v) is 17.8. The smallest absolute Gasteiger partial charge is 0.191 e. The molecule has 0 fully saturated rings. The van der Waals surface area contributed by atoms with Crippen molar-refractivity contribution in [3.8, 4) is 11.5 Å². The molecule has 0 bridgehead atoms. The van der Waals surface area contributed by atoms with Crippen LogP contribution in [0, 0.1) is 5.92 Å². The lowest BCUT2D eigenvalue weighted by Crippen LogP contribution is -2.37. The van der Waals surface area contributed by atoms with Crippen LogP contribution in [0.2, 0.25) is 0 Å². The van der Waals surface area contributed by atoms with Crippen molar-refractivity contribution in [1.29, 1.82) is 0 Å². The van der Waals surface area contributed by atoms with Crippen LogP contribution in [0.5, 0.6) is 11.5 Å². The van der Waals surface area contributed by atoms with Gasteiger partial charge in [0, 0.05) is 18.7 Å². The number of para-hydroxylation sites is 1.